The van der Waals surface area contributed by atoms with Crippen LogP contribution in [0.2, 0.25) is 0 Å². The lowest BCUT2D eigenvalue weighted by molar-refractivity contribution is 0.643. The van der Waals surface area contributed by atoms with Crippen molar-refractivity contribution in [2.24, 2.45) is 5.92 Å². The Labute approximate surface area is 292 Å². The Bertz CT molecular complexity index is 2730. The smallest absolute Gasteiger partial charge is 0.101 e. The van der Waals surface area contributed by atoms with Gasteiger partial charge >= 0.3 is 0 Å². The Morgan fingerprint density at radius 3 is 2.40 bits per heavy atom. The van der Waals surface area contributed by atoms with E-state index in [-0.39, 0.29) is 5.41 Å². The molecule has 0 saturated heterocycles. The highest BCUT2D eigenvalue weighted by Gasteiger charge is 2.39. The maximum absolute atomic E-state index is 10.5. The van der Waals surface area contributed by atoms with Gasteiger partial charge in [0, 0.05) is 44.1 Å². The molecule has 3 aliphatic rings. The van der Waals surface area contributed by atoms with Crippen LogP contribution in [0.5, 0.6) is 0 Å². The summed E-state index contributed by atoms with van der Waals surface area (Å²) in [6.45, 7) is 7.10. The fraction of sp³-hybridized carbons (Fsp3) is 0.170. The average Bonchev–Trinajstić information content (AvgIpc) is 3.74. The zero-order valence-corrected chi connectivity index (χ0v) is 28.7. The van der Waals surface area contributed by atoms with Crippen LogP contribution in [0.1, 0.15) is 61.6 Å². The number of hydrogen-bond acceptors (Lipinski definition) is 1. The van der Waals surface area contributed by atoms with Gasteiger partial charge in [0.2, 0.25) is 0 Å². The summed E-state index contributed by atoms with van der Waals surface area (Å²) in [5, 5.41) is 14.4. The molecule has 0 amide bonds. The first kappa shape index (κ1) is 29.1. The molecule has 3 heteroatoms. The number of aromatic nitrogens is 2. The monoisotopic (exact) mass is 643 g/mol. The zero-order valence-electron chi connectivity index (χ0n) is 28.7. The van der Waals surface area contributed by atoms with E-state index >= 15 is 0 Å². The van der Waals surface area contributed by atoms with E-state index in [4.69, 9.17) is 0 Å². The minimum absolute atomic E-state index is 0.0294. The van der Waals surface area contributed by atoms with E-state index in [0.29, 0.717) is 11.5 Å². The second-order valence-electron chi connectivity index (χ2n) is 14.8. The molecule has 3 nitrogen and oxygen atoms in total. The van der Waals surface area contributed by atoms with Crippen molar-refractivity contribution in [3.8, 4) is 28.6 Å². The third kappa shape index (κ3) is 3.91. The van der Waals surface area contributed by atoms with Crippen molar-refractivity contribution < 1.29 is 0 Å². The fourth-order valence-corrected chi connectivity index (χ4v) is 9.35. The molecule has 1 unspecified atom stereocenters. The van der Waals surface area contributed by atoms with Crippen LogP contribution in [0.4, 0.5) is 0 Å². The molecule has 0 spiro atoms. The summed E-state index contributed by atoms with van der Waals surface area (Å²) in [7, 11) is 0. The van der Waals surface area contributed by atoms with Gasteiger partial charge in [-0.15, -0.1) is 0 Å². The Kier molecular flexibility index (Phi) is 6.15. The summed E-state index contributed by atoms with van der Waals surface area (Å²) in [6, 6.07) is 39.9. The highest BCUT2D eigenvalue weighted by molar-refractivity contribution is 6.16. The Balaban J connectivity index is 1.23. The van der Waals surface area contributed by atoms with Gasteiger partial charge in [0.15, 0.2) is 0 Å². The maximum atomic E-state index is 10.5. The molecule has 0 fully saturated rings. The van der Waals surface area contributed by atoms with Gasteiger partial charge < -0.3 is 9.13 Å². The maximum Gasteiger partial charge on any atom is 0.101 e. The molecule has 7 aromatic rings. The van der Waals surface area contributed by atoms with Crippen LogP contribution >= 0.6 is 0 Å². The van der Waals surface area contributed by atoms with Crippen LogP contribution < -0.4 is 0 Å². The molecule has 0 N–H and O–H groups in total. The van der Waals surface area contributed by atoms with Crippen molar-refractivity contribution in [1.82, 2.24) is 9.13 Å². The molecule has 2 heterocycles. The zero-order chi connectivity index (χ0) is 33.7. The standard InChI is InChI=1S/C47H37N3/c1-29-22-23-38-37(26-29)44-39(47(38,2)3)24-25-43-45(44)36-17-6-9-21-42(36)49(43)32-14-10-12-30(27-32)33-18-11-13-31(28-48)46(33)50-40-19-7-4-15-34(40)35-16-5-8-20-41(35)50/h4-7,9-19,21-25,27,29H,8,20,26H2,1-3H3. The minimum Gasteiger partial charge on any atom is -0.311 e. The summed E-state index contributed by atoms with van der Waals surface area (Å²) in [5.74, 6) is 0.521. The minimum atomic E-state index is -0.0294. The molecule has 10 rings (SSSR count). The molecule has 2 aromatic heterocycles. The van der Waals surface area contributed by atoms with Crippen molar-refractivity contribution >= 4 is 44.4 Å². The predicted octanol–water partition coefficient (Wildman–Crippen LogP) is 11.9. The average molecular weight is 644 g/mol. The number of fused-ring (bicyclic) bond motifs is 9. The van der Waals surface area contributed by atoms with Crippen molar-refractivity contribution in [2.75, 3.05) is 0 Å². The molecule has 240 valence electrons. The third-order valence-electron chi connectivity index (χ3n) is 11.6. The van der Waals surface area contributed by atoms with E-state index in [2.05, 4.69) is 151 Å². The molecule has 5 aromatic carbocycles. The van der Waals surface area contributed by atoms with Crippen LogP contribution in [-0.2, 0) is 11.8 Å². The van der Waals surface area contributed by atoms with Crippen LogP contribution in [0.3, 0.4) is 0 Å². The number of benzene rings is 5. The summed E-state index contributed by atoms with van der Waals surface area (Å²) in [4.78, 5) is 0. The van der Waals surface area contributed by atoms with Gasteiger partial charge in [-0.3, -0.25) is 0 Å². The van der Waals surface area contributed by atoms with E-state index in [9.17, 15) is 5.26 Å². The summed E-state index contributed by atoms with van der Waals surface area (Å²) >= 11 is 0. The van der Waals surface area contributed by atoms with E-state index in [1.807, 2.05) is 12.1 Å². The molecule has 3 aliphatic carbocycles. The quantitative estimate of drug-likeness (QED) is 0.189. The first-order valence-electron chi connectivity index (χ1n) is 17.9. The Morgan fingerprint density at radius 1 is 0.780 bits per heavy atom. The van der Waals surface area contributed by atoms with Gasteiger partial charge in [-0.2, -0.15) is 5.26 Å². The van der Waals surface area contributed by atoms with Crippen LogP contribution in [0, 0.1) is 17.2 Å². The van der Waals surface area contributed by atoms with Crippen LogP contribution in [0.15, 0.2) is 127 Å². The highest BCUT2D eigenvalue weighted by atomic mass is 15.0. The summed E-state index contributed by atoms with van der Waals surface area (Å²) in [5.41, 5.74) is 16.9. The number of nitrogens with zero attached hydrogens (tertiary/aromatic N) is 3. The van der Waals surface area contributed by atoms with Crippen LogP contribution in [0.25, 0.3) is 66.9 Å². The second kappa shape index (κ2) is 10.6. The second-order valence-corrected chi connectivity index (χ2v) is 14.8. The molecular weight excluding hydrogens is 607 g/mol. The Hall–Kier alpha value is -5.85. The number of hydrogen-bond donors (Lipinski definition) is 0. The van der Waals surface area contributed by atoms with Crippen LogP contribution in [-0.4, -0.2) is 9.13 Å². The van der Waals surface area contributed by atoms with E-state index in [0.717, 1.165) is 47.3 Å². The lowest BCUT2D eigenvalue weighted by atomic mass is 9.79. The molecule has 0 radical (unpaired) electrons. The molecule has 1 atom stereocenters. The van der Waals surface area contributed by atoms with Gasteiger partial charge in [-0.05, 0) is 89.4 Å². The topological polar surface area (TPSA) is 33.6 Å². The van der Waals surface area contributed by atoms with Gasteiger partial charge in [-0.1, -0.05) is 112 Å². The third-order valence-corrected chi connectivity index (χ3v) is 11.6. The lowest BCUT2D eigenvalue weighted by Crippen LogP contribution is -2.17. The summed E-state index contributed by atoms with van der Waals surface area (Å²) in [6.07, 6.45) is 12.3. The summed E-state index contributed by atoms with van der Waals surface area (Å²) < 4.78 is 4.82. The Morgan fingerprint density at radius 2 is 1.56 bits per heavy atom. The van der Waals surface area contributed by atoms with Gasteiger partial charge in [0.25, 0.3) is 0 Å². The highest BCUT2D eigenvalue weighted by Crippen LogP contribution is 2.54. The molecule has 0 bridgehead atoms. The SMILES string of the molecule is CC1C=CC2=C(C1)c1c(ccc3c1c1ccccc1n3-c1cccc(-c3cccc(C#N)c3-n3c4c(c5ccccc53)C=CCC4)c1)C2(C)C. The number of allylic oxidation sites excluding steroid dienone is 5. The van der Waals surface area contributed by atoms with Crippen molar-refractivity contribution in [2.45, 2.75) is 45.4 Å². The molecule has 0 saturated carbocycles. The van der Waals surface area contributed by atoms with Gasteiger partial charge in [0.05, 0.1) is 27.8 Å². The van der Waals surface area contributed by atoms with Gasteiger partial charge in [-0.25, -0.2) is 0 Å². The first-order valence-corrected chi connectivity index (χ1v) is 17.9. The predicted molar refractivity (Wildman–Crippen MR) is 208 cm³/mol. The first-order chi connectivity index (χ1) is 24.5. The lowest BCUT2D eigenvalue weighted by Gasteiger charge is -2.24. The largest absolute Gasteiger partial charge is 0.311 e. The van der Waals surface area contributed by atoms with Crippen molar-refractivity contribution in [1.29, 1.82) is 5.26 Å². The van der Waals surface area contributed by atoms with E-state index < -0.39 is 0 Å². The molecule has 0 aliphatic heterocycles. The van der Waals surface area contributed by atoms with Crippen molar-refractivity contribution in [3.63, 3.8) is 0 Å². The molecular formula is C47H37N3. The number of para-hydroxylation sites is 3. The fourth-order valence-electron chi connectivity index (χ4n) is 9.35. The van der Waals surface area contributed by atoms with Gasteiger partial charge in [0.1, 0.15) is 6.07 Å². The van der Waals surface area contributed by atoms with Crippen molar-refractivity contribution in [3.05, 3.63) is 155 Å². The van der Waals surface area contributed by atoms with E-state index in [1.54, 1.807) is 0 Å². The van der Waals surface area contributed by atoms with E-state index in [1.165, 1.54) is 60.7 Å². The molecule has 50 heavy (non-hydrogen) atoms. The number of nitriles is 1. The number of rotatable bonds is 3. The normalized spacial score (nSPS) is 17.4.